The van der Waals surface area contributed by atoms with Crippen LogP contribution in [0.5, 0.6) is 0 Å². The molecule has 0 aromatic rings. The zero-order chi connectivity index (χ0) is 8.43. The number of nitrogens with zero attached hydrogens (tertiary/aromatic N) is 1. The summed E-state index contributed by atoms with van der Waals surface area (Å²) in [5.41, 5.74) is 0. The number of aliphatic hydroxyl groups is 1. The normalized spacial score (nSPS) is 24.5. The van der Waals surface area contributed by atoms with Gasteiger partial charge in [-0.3, -0.25) is 10.2 Å². The molecule has 0 saturated carbocycles. The van der Waals surface area contributed by atoms with Crippen LogP contribution in [0.2, 0.25) is 0 Å². The molecular weight excluding hydrogens is 166 g/mol. The highest BCUT2D eigenvalue weighted by molar-refractivity contribution is 8.13. The fourth-order valence-electron chi connectivity index (χ4n) is 0.593. The van der Waals surface area contributed by atoms with Gasteiger partial charge >= 0.3 is 0 Å². The lowest BCUT2D eigenvalue weighted by Crippen LogP contribution is -2.45. The lowest BCUT2D eigenvalue weighted by Gasteiger charge is -2.15. The summed E-state index contributed by atoms with van der Waals surface area (Å²) in [6.45, 7) is 0. The molecule has 1 rings (SSSR count). The van der Waals surface area contributed by atoms with Gasteiger partial charge in [-0.2, -0.15) is 0 Å². The number of amides is 1. The van der Waals surface area contributed by atoms with Crippen molar-refractivity contribution >= 4 is 28.7 Å². The van der Waals surface area contributed by atoms with Crippen LogP contribution < -0.4 is 5.32 Å². The number of nitrogens with one attached hydrogen (secondary N) is 2. The van der Waals surface area contributed by atoms with E-state index in [4.69, 9.17) is 10.5 Å². The Hall–Kier alpha value is -0.880. The van der Waals surface area contributed by atoms with Crippen LogP contribution in [0.4, 0.5) is 0 Å². The van der Waals surface area contributed by atoms with E-state index in [-0.39, 0.29) is 5.84 Å². The second-order valence-corrected chi connectivity index (χ2v) is 2.69. The number of aliphatic imine (C=N–C) groups is 1. The Morgan fingerprint density at radius 1 is 1.82 bits per heavy atom. The van der Waals surface area contributed by atoms with Crippen molar-refractivity contribution in [1.82, 2.24) is 5.32 Å². The van der Waals surface area contributed by atoms with Crippen molar-refractivity contribution in [2.24, 2.45) is 4.99 Å². The number of carbonyl (C=O) groups is 1. The van der Waals surface area contributed by atoms with E-state index in [2.05, 4.69) is 10.3 Å². The summed E-state index contributed by atoms with van der Waals surface area (Å²) in [6.07, 6.45) is 0.315. The lowest BCUT2D eigenvalue weighted by molar-refractivity contribution is -0.124. The minimum atomic E-state index is -1.41. The largest absolute Gasteiger partial charge is 0.376 e. The van der Waals surface area contributed by atoms with E-state index in [0.29, 0.717) is 5.17 Å². The predicted molar refractivity (Wildman–Crippen MR) is 42.8 cm³/mol. The number of amidine groups is 2. The molecule has 6 heteroatoms. The molecule has 1 atom stereocenters. The van der Waals surface area contributed by atoms with Crippen molar-refractivity contribution in [3.8, 4) is 0 Å². The first-order valence-corrected chi connectivity index (χ1v) is 4.07. The zero-order valence-electron chi connectivity index (χ0n) is 5.79. The second-order valence-electron chi connectivity index (χ2n) is 1.90. The van der Waals surface area contributed by atoms with Crippen molar-refractivity contribution < 1.29 is 9.90 Å². The molecule has 11 heavy (non-hydrogen) atoms. The summed E-state index contributed by atoms with van der Waals surface area (Å²) in [5, 5.41) is 18.6. The van der Waals surface area contributed by atoms with E-state index >= 15 is 0 Å². The van der Waals surface area contributed by atoms with Crippen LogP contribution in [0.1, 0.15) is 0 Å². The van der Waals surface area contributed by atoms with Crippen molar-refractivity contribution in [2.75, 3.05) is 6.26 Å². The molecule has 3 N–H and O–H groups in total. The van der Waals surface area contributed by atoms with Gasteiger partial charge < -0.3 is 10.4 Å². The molecule has 0 aliphatic carbocycles. The summed E-state index contributed by atoms with van der Waals surface area (Å²) in [4.78, 5) is 14.4. The first-order valence-electron chi connectivity index (χ1n) is 2.85. The van der Waals surface area contributed by atoms with Gasteiger partial charge in [-0.15, -0.1) is 0 Å². The molecule has 0 spiro atoms. The van der Waals surface area contributed by atoms with E-state index < -0.39 is 12.0 Å². The Bertz CT molecular complexity index is 238. The highest BCUT2D eigenvalue weighted by atomic mass is 32.2. The van der Waals surface area contributed by atoms with Gasteiger partial charge in [-0.25, -0.2) is 4.99 Å². The first-order chi connectivity index (χ1) is 5.15. The SMILES string of the molecule is CSC1=NC(=N)C(O)C(=O)N1. The fourth-order valence-corrected chi connectivity index (χ4v) is 0.985. The zero-order valence-corrected chi connectivity index (χ0v) is 6.60. The predicted octanol–water partition coefficient (Wildman–Crippen LogP) is -0.827. The minimum Gasteiger partial charge on any atom is -0.376 e. The highest BCUT2D eigenvalue weighted by Gasteiger charge is 2.25. The summed E-state index contributed by atoms with van der Waals surface area (Å²) in [7, 11) is 0. The third-order valence-corrected chi connectivity index (χ3v) is 1.73. The molecule has 1 aliphatic rings. The quantitative estimate of drug-likeness (QED) is 0.447. The van der Waals surface area contributed by atoms with Gasteiger partial charge in [0.1, 0.15) is 0 Å². The van der Waals surface area contributed by atoms with E-state index in [1.54, 1.807) is 6.26 Å². The summed E-state index contributed by atoms with van der Waals surface area (Å²) < 4.78 is 0. The van der Waals surface area contributed by atoms with Crippen molar-refractivity contribution in [2.45, 2.75) is 6.10 Å². The maximum absolute atomic E-state index is 10.8. The average molecular weight is 173 g/mol. The van der Waals surface area contributed by atoms with Gasteiger partial charge in [0, 0.05) is 0 Å². The average Bonchev–Trinajstić information content (AvgIpc) is 1.99. The van der Waals surface area contributed by atoms with E-state index in [0.717, 1.165) is 0 Å². The van der Waals surface area contributed by atoms with Gasteiger partial charge in [-0.05, 0) is 6.26 Å². The molecule has 0 aromatic heterocycles. The molecule has 60 valence electrons. The maximum atomic E-state index is 10.8. The Balaban J connectivity index is 2.85. The fraction of sp³-hybridized carbons (Fsp3) is 0.400. The van der Waals surface area contributed by atoms with Gasteiger partial charge in [0.15, 0.2) is 17.1 Å². The van der Waals surface area contributed by atoms with Gasteiger partial charge in [0.25, 0.3) is 5.91 Å². The number of aliphatic hydroxyl groups excluding tert-OH is 1. The molecule has 1 aliphatic heterocycles. The molecule has 1 heterocycles. The number of hydrogen-bond acceptors (Lipinski definition) is 4. The van der Waals surface area contributed by atoms with Crippen molar-refractivity contribution in [1.29, 1.82) is 5.41 Å². The Labute approximate surface area is 67.4 Å². The van der Waals surface area contributed by atoms with Crippen molar-refractivity contribution in [3.05, 3.63) is 0 Å². The van der Waals surface area contributed by atoms with Crippen LogP contribution in [-0.4, -0.2) is 34.4 Å². The highest BCUT2D eigenvalue weighted by Crippen LogP contribution is 2.03. The van der Waals surface area contributed by atoms with Crippen LogP contribution in [0.15, 0.2) is 4.99 Å². The number of hydrogen-bond donors (Lipinski definition) is 3. The summed E-state index contributed by atoms with van der Waals surface area (Å²) in [6, 6.07) is 0. The van der Waals surface area contributed by atoms with Gasteiger partial charge in [0.05, 0.1) is 0 Å². The topological polar surface area (TPSA) is 85.5 Å². The Morgan fingerprint density at radius 2 is 2.45 bits per heavy atom. The molecule has 1 unspecified atom stereocenters. The van der Waals surface area contributed by atoms with E-state index in [1.165, 1.54) is 11.8 Å². The molecule has 1 amide bonds. The van der Waals surface area contributed by atoms with E-state index in [1.807, 2.05) is 0 Å². The van der Waals surface area contributed by atoms with Gasteiger partial charge in [-0.1, -0.05) is 11.8 Å². The Kier molecular flexibility index (Phi) is 2.25. The molecule has 5 nitrogen and oxygen atoms in total. The third-order valence-electron chi connectivity index (χ3n) is 1.15. The standard InChI is InChI=1S/C5H7N3O2S/c1-11-5-7-3(6)2(9)4(10)8-5/h2,9H,1H3,(H2,6,7,8,10). The van der Waals surface area contributed by atoms with Crippen molar-refractivity contribution in [3.63, 3.8) is 0 Å². The van der Waals surface area contributed by atoms with Crippen LogP contribution >= 0.6 is 11.8 Å². The monoisotopic (exact) mass is 173 g/mol. The summed E-state index contributed by atoms with van der Waals surface area (Å²) in [5.74, 6) is -0.896. The van der Waals surface area contributed by atoms with Crippen LogP contribution in [0, 0.1) is 5.41 Å². The van der Waals surface area contributed by atoms with E-state index in [9.17, 15) is 4.79 Å². The molecule has 0 radical (unpaired) electrons. The third kappa shape index (κ3) is 1.58. The van der Waals surface area contributed by atoms with Crippen LogP contribution in [0.25, 0.3) is 0 Å². The molecule has 0 bridgehead atoms. The minimum absolute atomic E-state index is 0.307. The molecular formula is C5H7N3O2S. The van der Waals surface area contributed by atoms with Gasteiger partial charge in [0.2, 0.25) is 0 Å². The van der Waals surface area contributed by atoms with Crippen LogP contribution in [0.3, 0.4) is 0 Å². The maximum Gasteiger partial charge on any atom is 0.262 e. The number of thioether (sulfide) groups is 1. The smallest absolute Gasteiger partial charge is 0.262 e. The number of rotatable bonds is 0. The second kappa shape index (κ2) is 3.02. The molecule has 0 fully saturated rings. The first kappa shape index (κ1) is 8.22. The lowest BCUT2D eigenvalue weighted by atomic mass is 10.3. The summed E-state index contributed by atoms with van der Waals surface area (Å²) >= 11 is 1.22. The molecule has 0 aromatic carbocycles. The molecule has 0 saturated heterocycles. The van der Waals surface area contributed by atoms with Crippen LogP contribution in [-0.2, 0) is 4.79 Å². The Morgan fingerprint density at radius 3 is 2.91 bits per heavy atom. The number of carbonyl (C=O) groups excluding carboxylic acids is 1.